The van der Waals surface area contributed by atoms with Gasteiger partial charge in [-0.1, -0.05) is 26.2 Å². The first-order chi connectivity index (χ1) is 4.77. The maximum atomic E-state index is 10.3. The molecular formula is C7H14BrNO. The number of amides is 1. The van der Waals surface area contributed by atoms with Crippen molar-refractivity contribution in [3.8, 4) is 0 Å². The van der Waals surface area contributed by atoms with Crippen LogP contribution >= 0.6 is 15.9 Å². The van der Waals surface area contributed by atoms with E-state index in [1.165, 1.54) is 19.3 Å². The smallest absolute Gasteiger partial charge is 0.287 e. The van der Waals surface area contributed by atoms with Crippen LogP contribution in [-0.2, 0) is 0 Å². The zero-order valence-corrected chi connectivity index (χ0v) is 7.91. The van der Waals surface area contributed by atoms with E-state index >= 15 is 0 Å². The first-order valence-electron chi connectivity index (χ1n) is 3.70. The van der Waals surface area contributed by atoms with Gasteiger partial charge in [-0.3, -0.25) is 4.79 Å². The fraction of sp³-hybridized carbons (Fsp3) is 0.857. The second-order valence-corrected chi connectivity index (χ2v) is 2.98. The molecule has 2 nitrogen and oxygen atoms in total. The lowest BCUT2D eigenvalue weighted by molar-refractivity contribution is 0.261. The summed E-state index contributed by atoms with van der Waals surface area (Å²) in [5, 5.41) is 2.68. The van der Waals surface area contributed by atoms with E-state index in [1.807, 2.05) is 0 Å². The molecule has 0 spiro atoms. The van der Waals surface area contributed by atoms with Crippen molar-refractivity contribution in [1.29, 1.82) is 0 Å². The van der Waals surface area contributed by atoms with Crippen LogP contribution in [0.4, 0.5) is 4.79 Å². The number of hydrogen-bond donors (Lipinski definition) is 1. The summed E-state index contributed by atoms with van der Waals surface area (Å²) in [5.41, 5.74) is 0. The molecule has 0 aliphatic rings. The molecule has 0 aliphatic heterocycles. The second kappa shape index (κ2) is 7.06. The second-order valence-electron chi connectivity index (χ2n) is 2.26. The van der Waals surface area contributed by atoms with Crippen LogP contribution in [0, 0.1) is 0 Å². The summed E-state index contributed by atoms with van der Waals surface area (Å²) in [4.78, 5) is 10.2. The third-order valence-electron chi connectivity index (χ3n) is 1.29. The summed E-state index contributed by atoms with van der Waals surface area (Å²) >= 11 is 2.79. The summed E-state index contributed by atoms with van der Waals surface area (Å²) < 4.78 is 0. The van der Waals surface area contributed by atoms with Gasteiger partial charge in [-0.25, -0.2) is 0 Å². The molecule has 0 aromatic heterocycles. The lowest BCUT2D eigenvalue weighted by Gasteiger charge is -1.98. The van der Waals surface area contributed by atoms with E-state index in [0.717, 1.165) is 13.0 Å². The zero-order chi connectivity index (χ0) is 7.82. The van der Waals surface area contributed by atoms with Gasteiger partial charge in [0, 0.05) is 22.5 Å². The molecule has 3 heteroatoms. The maximum Gasteiger partial charge on any atom is 0.287 e. The minimum Gasteiger partial charge on any atom is -0.347 e. The van der Waals surface area contributed by atoms with E-state index in [2.05, 4.69) is 28.2 Å². The quantitative estimate of drug-likeness (QED) is 0.420. The molecule has 10 heavy (non-hydrogen) atoms. The van der Waals surface area contributed by atoms with Crippen molar-refractivity contribution in [3.63, 3.8) is 0 Å². The van der Waals surface area contributed by atoms with Crippen molar-refractivity contribution >= 4 is 20.7 Å². The third kappa shape index (κ3) is 7.95. The molecule has 1 amide bonds. The predicted molar refractivity (Wildman–Crippen MR) is 46.5 cm³/mol. The fourth-order valence-corrected chi connectivity index (χ4v) is 0.937. The fourth-order valence-electron chi connectivity index (χ4n) is 0.738. The number of rotatable bonds is 5. The van der Waals surface area contributed by atoms with Crippen molar-refractivity contribution < 1.29 is 4.79 Å². The number of hydrogen-bond acceptors (Lipinski definition) is 1. The van der Waals surface area contributed by atoms with Gasteiger partial charge in [0.05, 0.1) is 0 Å². The van der Waals surface area contributed by atoms with Crippen LogP contribution in [0.3, 0.4) is 0 Å². The van der Waals surface area contributed by atoms with Crippen LogP contribution in [0.1, 0.15) is 32.6 Å². The number of halogens is 1. The number of unbranched alkanes of at least 4 members (excludes halogenated alkanes) is 3. The standard InChI is InChI=1S/C7H14BrNO/c1-2-3-4-5-6-9-7(8)10/h2-6H2,1H3,(H,9,10). The van der Waals surface area contributed by atoms with Gasteiger partial charge in [0.25, 0.3) is 4.82 Å². The van der Waals surface area contributed by atoms with Crippen LogP contribution in [0.2, 0.25) is 0 Å². The van der Waals surface area contributed by atoms with Crippen LogP contribution < -0.4 is 5.32 Å². The average Bonchev–Trinajstić information content (AvgIpc) is 1.87. The average molecular weight is 208 g/mol. The zero-order valence-electron chi connectivity index (χ0n) is 6.32. The lowest BCUT2D eigenvalue weighted by Crippen LogP contribution is -2.16. The predicted octanol–water partition coefficient (Wildman–Crippen LogP) is 2.67. The van der Waals surface area contributed by atoms with Gasteiger partial charge in [-0.05, 0) is 6.42 Å². The van der Waals surface area contributed by atoms with Crippen LogP contribution in [0.25, 0.3) is 0 Å². The van der Waals surface area contributed by atoms with E-state index in [1.54, 1.807) is 0 Å². The molecule has 0 fully saturated rings. The molecule has 0 heterocycles. The SMILES string of the molecule is CCCCCCNC(=O)Br. The van der Waals surface area contributed by atoms with Gasteiger partial charge in [-0.2, -0.15) is 0 Å². The Morgan fingerprint density at radius 2 is 2.10 bits per heavy atom. The molecule has 0 saturated carbocycles. The molecule has 1 N–H and O–H groups in total. The Morgan fingerprint density at radius 3 is 2.60 bits per heavy atom. The van der Waals surface area contributed by atoms with E-state index < -0.39 is 0 Å². The molecule has 0 atom stereocenters. The van der Waals surface area contributed by atoms with E-state index in [9.17, 15) is 4.79 Å². The first-order valence-corrected chi connectivity index (χ1v) is 4.50. The van der Waals surface area contributed by atoms with Crippen LogP contribution in [0.5, 0.6) is 0 Å². The summed E-state index contributed by atoms with van der Waals surface area (Å²) in [6.45, 7) is 2.97. The molecule has 0 aromatic rings. The van der Waals surface area contributed by atoms with Crippen molar-refractivity contribution in [2.75, 3.05) is 6.54 Å². The number of carbonyl (C=O) groups is 1. The molecular weight excluding hydrogens is 194 g/mol. The van der Waals surface area contributed by atoms with Gasteiger partial charge < -0.3 is 5.32 Å². The van der Waals surface area contributed by atoms with Crippen molar-refractivity contribution in [3.05, 3.63) is 0 Å². The van der Waals surface area contributed by atoms with Crippen LogP contribution in [-0.4, -0.2) is 11.4 Å². The van der Waals surface area contributed by atoms with E-state index in [4.69, 9.17) is 0 Å². The number of carbonyl (C=O) groups excluding carboxylic acids is 1. The summed E-state index contributed by atoms with van der Waals surface area (Å²) in [6.07, 6.45) is 4.80. The lowest BCUT2D eigenvalue weighted by atomic mass is 10.2. The Bertz CT molecular complexity index is 95.6. The highest BCUT2D eigenvalue weighted by Crippen LogP contribution is 1.97. The summed E-state index contributed by atoms with van der Waals surface area (Å²) in [6, 6.07) is 0. The Morgan fingerprint density at radius 1 is 1.40 bits per heavy atom. The third-order valence-corrected chi connectivity index (χ3v) is 1.57. The largest absolute Gasteiger partial charge is 0.347 e. The Hall–Kier alpha value is -0.0500. The highest BCUT2D eigenvalue weighted by atomic mass is 79.9. The topological polar surface area (TPSA) is 29.1 Å². The molecule has 0 aliphatic carbocycles. The molecule has 0 aromatic carbocycles. The summed E-state index contributed by atoms with van der Waals surface area (Å²) in [7, 11) is 0. The number of nitrogens with one attached hydrogen (secondary N) is 1. The van der Waals surface area contributed by atoms with E-state index in [0.29, 0.717) is 0 Å². The molecule has 0 bridgehead atoms. The van der Waals surface area contributed by atoms with Crippen molar-refractivity contribution in [2.45, 2.75) is 32.6 Å². The minimum absolute atomic E-state index is 0.107. The van der Waals surface area contributed by atoms with E-state index in [-0.39, 0.29) is 4.82 Å². The molecule has 0 radical (unpaired) electrons. The highest BCUT2D eigenvalue weighted by Gasteiger charge is 1.90. The van der Waals surface area contributed by atoms with Gasteiger partial charge in [0.2, 0.25) is 0 Å². The highest BCUT2D eigenvalue weighted by molar-refractivity contribution is 9.18. The Labute approximate surface area is 70.5 Å². The summed E-state index contributed by atoms with van der Waals surface area (Å²) in [5.74, 6) is 0. The van der Waals surface area contributed by atoms with Crippen molar-refractivity contribution in [1.82, 2.24) is 5.32 Å². The van der Waals surface area contributed by atoms with Crippen molar-refractivity contribution in [2.24, 2.45) is 0 Å². The monoisotopic (exact) mass is 207 g/mol. The first kappa shape index (κ1) is 9.95. The molecule has 0 saturated heterocycles. The van der Waals surface area contributed by atoms with Gasteiger partial charge in [0.1, 0.15) is 0 Å². The minimum atomic E-state index is -0.107. The normalized spacial score (nSPS) is 9.40. The van der Waals surface area contributed by atoms with Crippen LogP contribution in [0.15, 0.2) is 0 Å². The Kier molecular flexibility index (Phi) is 7.03. The van der Waals surface area contributed by atoms with Gasteiger partial charge in [-0.15, -0.1) is 0 Å². The molecule has 0 rings (SSSR count). The van der Waals surface area contributed by atoms with Gasteiger partial charge in [0.15, 0.2) is 0 Å². The molecule has 0 unspecified atom stereocenters. The Balaban J connectivity index is 2.84. The molecule has 60 valence electrons. The van der Waals surface area contributed by atoms with Gasteiger partial charge >= 0.3 is 0 Å². The maximum absolute atomic E-state index is 10.3.